The van der Waals surface area contributed by atoms with Gasteiger partial charge in [-0.15, -0.1) is 0 Å². The van der Waals surface area contributed by atoms with Crippen LogP contribution in [-0.4, -0.2) is 37.1 Å². The Bertz CT molecular complexity index is 448. The van der Waals surface area contributed by atoms with Gasteiger partial charge in [0.1, 0.15) is 0 Å². The lowest BCUT2D eigenvalue weighted by Gasteiger charge is -2.41. The highest BCUT2D eigenvalue weighted by Gasteiger charge is 2.33. The van der Waals surface area contributed by atoms with Crippen LogP contribution < -0.4 is 4.90 Å². The summed E-state index contributed by atoms with van der Waals surface area (Å²) in [4.78, 5) is 5.98. The zero-order chi connectivity index (χ0) is 13.2. The van der Waals surface area contributed by atoms with E-state index in [1.165, 1.54) is 6.07 Å². The number of aromatic nitrogens is 1. The molecule has 1 aromatic rings. The first-order valence-corrected chi connectivity index (χ1v) is 7.35. The molecule has 0 aliphatic carbocycles. The maximum Gasteiger partial charge on any atom is 0.166 e. The predicted molar refractivity (Wildman–Crippen MR) is 72.6 cm³/mol. The van der Waals surface area contributed by atoms with Crippen LogP contribution in [-0.2, 0) is 9.47 Å². The van der Waals surface area contributed by atoms with Crippen LogP contribution in [0.25, 0.3) is 0 Å². The molecule has 3 heterocycles. The summed E-state index contributed by atoms with van der Waals surface area (Å²) in [5.74, 6) is 0.0920. The predicted octanol–water partition coefficient (Wildman–Crippen LogP) is 2.72. The van der Waals surface area contributed by atoms with E-state index in [4.69, 9.17) is 9.47 Å². The highest BCUT2D eigenvalue weighted by molar-refractivity contribution is 9.10. The molecule has 104 valence electrons. The van der Waals surface area contributed by atoms with E-state index in [0.29, 0.717) is 23.4 Å². The van der Waals surface area contributed by atoms with Gasteiger partial charge in [0.05, 0.1) is 6.10 Å². The van der Waals surface area contributed by atoms with Crippen LogP contribution in [0.3, 0.4) is 0 Å². The van der Waals surface area contributed by atoms with E-state index >= 15 is 0 Å². The molecule has 0 bridgehead atoms. The number of ether oxygens (including phenoxy) is 2. The van der Waals surface area contributed by atoms with Crippen LogP contribution in [0.15, 0.2) is 16.7 Å². The third-order valence-corrected chi connectivity index (χ3v) is 3.85. The molecule has 0 amide bonds. The van der Waals surface area contributed by atoms with Gasteiger partial charge in [0.2, 0.25) is 0 Å². The van der Waals surface area contributed by atoms with E-state index in [0.717, 1.165) is 25.9 Å². The van der Waals surface area contributed by atoms with Gasteiger partial charge in [-0.25, -0.2) is 9.37 Å². The summed E-state index contributed by atoms with van der Waals surface area (Å²) >= 11 is 3.20. The van der Waals surface area contributed by atoms with Crippen LogP contribution in [0, 0.1) is 5.82 Å². The number of pyridine rings is 1. The van der Waals surface area contributed by atoms with Gasteiger partial charge in [-0.1, -0.05) is 0 Å². The quantitative estimate of drug-likeness (QED) is 0.853. The van der Waals surface area contributed by atoms with Gasteiger partial charge in [0, 0.05) is 30.4 Å². The minimum Gasteiger partial charge on any atom is -0.353 e. The Labute approximate surface area is 120 Å². The molecule has 3 rings (SSSR count). The molecule has 0 radical (unpaired) electrons. The van der Waals surface area contributed by atoms with Gasteiger partial charge in [-0.3, -0.25) is 0 Å². The fourth-order valence-corrected chi connectivity index (χ4v) is 2.67. The highest BCUT2D eigenvalue weighted by Crippen LogP contribution is 2.27. The lowest BCUT2D eigenvalue weighted by atomic mass is 10.1. The second-order valence-electron chi connectivity index (χ2n) is 4.92. The normalized spacial score (nSPS) is 24.3. The summed E-state index contributed by atoms with van der Waals surface area (Å²) < 4.78 is 25.7. The lowest BCUT2D eigenvalue weighted by Crippen LogP contribution is -2.54. The molecule has 0 saturated carbocycles. The lowest BCUT2D eigenvalue weighted by molar-refractivity contribution is -0.192. The molecule has 2 fully saturated rings. The monoisotopic (exact) mass is 330 g/mol. The van der Waals surface area contributed by atoms with Gasteiger partial charge >= 0.3 is 0 Å². The molecule has 1 unspecified atom stereocenters. The molecular weight excluding hydrogens is 315 g/mol. The molecule has 0 spiro atoms. The molecule has 2 saturated heterocycles. The van der Waals surface area contributed by atoms with Crippen LogP contribution >= 0.6 is 15.9 Å². The van der Waals surface area contributed by atoms with Crippen molar-refractivity contribution >= 4 is 21.7 Å². The van der Waals surface area contributed by atoms with E-state index in [1.54, 1.807) is 6.20 Å². The summed E-state index contributed by atoms with van der Waals surface area (Å²) in [5.41, 5.74) is 0. The van der Waals surface area contributed by atoms with Crippen molar-refractivity contribution in [2.24, 2.45) is 0 Å². The highest BCUT2D eigenvalue weighted by atomic mass is 79.9. The Balaban J connectivity index is 1.51. The van der Waals surface area contributed by atoms with Gasteiger partial charge in [-0.05, 0) is 41.3 Å². The van der Waals surface area contributed by atoms with Gasteiger partial charge < -0.3 is 14.4 Å². The Hall–Kier alpha value is -0.720. The molecule has 1 aromatic heterocycles. The van der Waals surface area contributed by atoms with Gasteiger partial charge in [0.25, 0.3) is 0 Å². The SMILES string of the molecule is Fc1cc(Br)cnc1N1CC(OC2CCCCO2)C1. The molecule has 2 aliphatic rings. The van der Waals surface area contributed by atoms with E-state index in [-0.39, 0.29) is 18.2 Å². The van der Waals surface area contributed by atoms with Crippen molar-refractivity contribution in [2.75, 3.05) is 24.6 Å². The summed E-state index contributed by atoms with van der Waals surface area (Å²) in [6.07, 6.45) is 4.88. The van der Waals surface area contributed by atoms with Crippen LogP contribution in [0.4, 0.5) is 10.2 Å². The Morgan fingerprint density at radius 2 is 2.26 bits per heavy atom. The van der Waals surface area contributed by atoms with E-state index in [1.807, 2.05) is 4.90 Å². The van der Waals surface area contributed by atoms with Crippen LogP contribution in [0.5, 0.6) is 0 Å². The first-order valence-electron chi connectivity index (χ1n) is 6.55. The first-order chi connectivity index (χ1) is 9.22. The van der Waals surface area contributed by atoms with Crippen molar-refractivity contribution in [1.29, 1.82) is 0 Å². The molecule has 0 N–H and O–H groups in total. The molecule has 2 aliphatic heterocycles. The Morgan fingerprint density at radius 1 is 1.42 bits per heavy atom. The minimum atomic E-state index is -0.304. The van der Waals surface area contributed by atoms with E-state index in [9.17, 15) is 4.39 Å². The van der Waals surface area contributed by atoms with E-state index in [2.05, 4.69) is 20.9 Å². The molecule has 19 heavy (non-hydrogen) atoms. The third kappa shape index (κ3) is 3.07. The summed E-state index contributed by atoms with van der Waals surface area (Å²) in [6, 6.07) is 1.43. The fraction of sp³-hybridized carbons (Fsp3) is 0.615. The van der Waals surface area contributed by atoms with Gasteiger partial charge in [0.15, 0.2) is 17.9 Å². The summed E-state index contributed by atoms with van der Waals surface area (Å²) in [6.45, 7) is 2.13. The number of anilines is 1. The molecule has 6 heteroatoms. The average molecular weight is 331 g/mol. The minimum absolute atomic E-state index is 0.0800. The van der Waals surface area contributed by atoms with Gasteiger partial charge in [-0.2, -0.15) is 0 Å². The average Bonchev–Trinajstić information content (AvgIpc) is 2.36. The third-order valence-electron chi connectivity index (χ3n) is 3.42. The second-order valence-corrected chi connectivity index (χ2v) is 5.83. The second kappa shape index (κ2) is 5.73. The number of rotatable bonds is 3. The van der Waals surface area contributed by atoms with Crippen molar-refractivity contribution in [1.82, 2.24) is 4.98 Å². The molecular formula is C13H16BrFN2O2. The Kier molecular flexibility index (Phi) is 4.00. The standard InChI is InChI=1S/C13H16BrFN2O2/c14-9-5-11(15)13(16-6-9)17-7-10(8-17)19-12-3-1-2-4-18-12/h5-6,10,12H,1-4,7-8H2. The number of hydrogen-bond acceptors (Lipinski definition) is 4. The zero-order valence-electron chi connectivity index (χ0n) is 10.5. The Morgan fingerprint density at radius 3 is 2.95 bits per heavy atom. The number of hydrogen-bond donors (Lipinski definition) is 0. The number of nitrogens with zero attached hydrogens (tertiary/aromatic N) is 2. The maximum atomic E-state index is 13.7. The maximum absolute atomic E-state index is 13.7. The molecule has 1 atom stereocenters. The smallest absolute Gasteiger partial charge is 0.166 e. The van der Waals surface area contributed by atoms with Crippen molar-refractivity contribution in [3.8, 4) is 0 Å². The summed E-state index contributed by atoms with van der Waals surface area (Å²) in [5, 5.41) is 0. The topological polar surface area (TPSA) is 34.6 Å². The molecule has 0 aromatic carbocycles. The zero-order valence-corrected chi connectivity index (χ0v) is 12.1. The number of halogens is 2. The van der Waals surface area contributed by atoms with Crippen molar-refractivity contribution in [3.63, 3.8) is 0 Å². The van der Waals surface area contributed by atoms with Crippen molar-refractivity contribution in [3.05, 3.63) is 22.6 Å². The molecule has 4 nitrogen and oxygen atoms in total. The van der Waals surface area contributed by atoms with E-state index < -0.39 is 0 Å². The summed E-state index contributed by atoms with van der Waals surface area (Å²) in [7, 11) is 0. The van der Waals surface area contributed by atoms with Crippen LogP contribution in [0.2, 0.25) is 0 Å². The largest absolute Gasteiger partial charge is 0.353 e. The fourth-order valence-electron chi connectivity index (χ4n) is 2.37. The van der Waals surface area contributed by atoms with Crippen LogP contribution in [0.1, 0.15) is 19.3 Å². The van der Waals surface area contributed by atoms with Crippen molar-refractivity contribution in [2.45, 2.75) is 31.7 Å². The van der Waals surface area contributed by atoms with Crippen molar-refractivity contribution < 1.29 is 13.9 Å². The first kappa shape index (κ1) is 13.3.